The number of carbonyl (C=O) groups excluding carboxylic acids is 2. The molecule has 0 atom stereocenters. The van der Waals surface area contributed by atoms with E-state index >= 15 is 0 Å². The second kappa shape index (κ2) is 9.43. The number of methoxy groups -OCH3 is 1. The van der Waals surface area contributed by atoms with E-state index in [0.29, 0.717) is 27.1 Å². The SMILES string of the molecule is C=CCN1C(=O)N/C(=C/c2cc(Cl)c(OCc3ccc(Cl)c(Cl)c3)c(OC)c2)C1=O. The molecule has 0 spiro atoms. The van der Waals surface area contributed by atoms with Gasteiger partial charge >= 0.3 is 6.03 Å². The Morgan fingerprint density at radius 3 is 2.53 bits per heavy atom. The molecule has 0 aliphatic carbocycles. The Morgan fingerprint density at radius 2 is 1.87 bits per heavy atom. The molecule has 1 aliphatic heterocycles. The van der Waals surface area contributed by atoms with Crippen molar-refractivity contribution < 1.29 is 19.1 Å². The van der Waals surface area contributed by atoms with Gasteiger partial charge in [-0.2, -0.15) is 0 Å². The van der Waals surface area contributed by atoms with Gasteiger partial charge in [-0.3, -0.25) is 9.69 Å². The summed E-state index contributed by atoms with van der Waals surface area (Å²) in [4.78, 5) is 25.3. The molecule has 1 saturated heterocycles. The molecule has 1 aliphatic rings. The third kappa shape index (κ3) is 4.73. The van der Waals surface area contributed by atoms with Gasteiger partial charge in [0, 0.05) is 6.54 Å². The lowest BCUT2D eigenvalue weighted by Gasteiger charge is -2.14. The first kappa shape index (κ1) is 22.0. The summed E-state index contributed by atoms with van der Waals surface area (Å²) < 4.78 is 11.2. The standard InChI is InChI=1S/C21H17Cl3N2O4/c1-3-6-26-20(27)17(25-21(26)28)9-13-8-16(24)19(18(10-13)29-2)30-11-12-4-5-14(22)15(23)7-12/h3-5,7-10H,1,6,11H2,2H3,(H,25,28)/b17-9+. The minimum atomic E-state index is -0.509. The molecule has 2 aromatic carbocycles. The van der Waals surface area contributed by atoms with Crippen molar-refractivity contribution in [1.29, 1.82) is 0 Å². The average molecular weight is 468 g/mol. The first-order valence-electron chi connectivity index (χ1n) is 8.73. The van der Waals surface area contributed by atoms with Crippen molar-refractivity contribution in [3.8, 4) is 11.5 Å². The maximum Gasteiger partial charge on any atom is 0.329 e. The van der Waals surface area contributed by atoms with Crippen LogP contribution in [0.5, 0.6) is 11.5 Å². The topological polar surface area (TPSA) is 67.9 Å². The van der Waals surface area contributed by atoms with E-state index in [9.17, 15) is 9.59 Å². The molecule has 0 bridgehead atoms. The molecule has 3 rings (SSSR count). The van der Waals surface area contributed by atoms with Crippen molar-refractivity contribution in [2.45, 2.75) is 6.61 Å². The molecular weight excluding hydrogens is 451 g/mol. The number of ether oxygens (including phenoxy) is 2. The lowest BCUT2D eigenvalue weighted by Crippen LogP contribution is -2.30. The number of nitrogens with one attached hydrogen (secondary N) is 1. The summed E-state index contributed by atoms with van der Waals surface area (Å²) in [6.45, 7) is 3.85. The first-order valence-corrected chi connectivity index (χ1v) is 9.87. The molecule has 0 aromatic heterocycles. The van der Waals surface area contributed by atoms with Crippen LogP contribution >= 0.6 is 34.8 Å². The van der Waals surface area contributed by atoms with E-state index in [1.165, 1.54) is 19.3 Å². The van der Waals surface area contributed by atoms with Crippen LogP contribution in [0, 0.1) is 0 Å². The minimum Gasteiger partial charge on any atom is -0.493 e. The third-order valence-corrected chi connectivity index (χ3v) is 5.22. The molecule has 156 valence electrons. The Hall–Kier alpha value is -2.67. The van der Waals surface area contributed by atoms with Crippen molar-refractivity contribution in [2.24, 2.45) is 0 Å². The number of carbonyl (C=O) groups is 2. The smallest absolute Gasteiger partial charge is 0.329 e. The van der Waals surface area contributed by atoms with E-state index < -0.39 is 11.9 Å². The maximum absolute atomic E-state index is 12.3. The fourth-order valence-corrected chi connectivity index (χ4v) is 3.38. The van der Waals surface area contributed by atoms with Gasteiger partial charge in [0.05, 0.1) is 22.2 Å². The fourth-order valence-electron chi connectivity index (χ4n) is 2.78. The van der Waals surface area contributed by atoms with E-state index in [1.54, 1.807) is 30.3 Å². The average Bonchev–Trinajstić information content (AvgIpc) is 2.97. The molecule has 1 fully saturated rings. The van der Waals surface area contributed by atoms with E-state index in [-0.39, 0.29) is 23.9 Å². The lowest BCUT2D eigenvalue weighted by atomic mass is 10.1. The molecule has 30 heavy (non-hydrogen) atoms. The molecular formula is C21H17Cl3N2O4. The highest BCUT2D eigenvalue weighted by atomic mass is 35.5. The normalized spacial score (nSPS) is 14.8. The van der Waals surface area contributed by atoms with Gasteiger partial charge in [0.2, 0.25) is 0 Å². The molecule has 6 nitrogen and oxygen atoms in total. The highest BCUT2D eigenvalue weighted by Gasteiger charge is 2.32. The summed E-state index contributed by atoms with van der Waals surface area (Å²) in [5.74, 6) is 0.256. The van der Waals surface area contributed by atoms with Gasteiger partial charge in [-0.05, 0) is 41.5 Å². The van der Waals surface area contributed by atoms with Crippen molar-refractivity contribution in [2.75, 3.05) is 13.7 Å². The molecule has 9 heteroatoms. The van der Waals surface area contributed by atoms with Gasteiger partial charge in [-0.25, -0.2) is 4.79 Å². The van der Waals surface area contributed by atoms with E-state index in [1.807, 2.05) is 0 Å². The first-order chi connectivity index (χ1) is 14.3. The number of urea groups is 1. The van der Waals surface area contributed by atoms with E-state index in [2.05, 4.69) is 11.9 Å². The lowest BCUT2D eigenvalue weighted by molar-refractivity contribution is -0.122. The highest BCUT2D eigenvalue weighted by molar-refractivity contribution is 6.42. The summed E-state index contributed by atoms with van der Waals surface area (Å²) in [5.41, 5.74) is 1.49. The van der Waals surface area contributed by atoms with Crippen molar-refractivity contribution >= 4 is 52.8 Å². The summed E-state index contributed by atoms with van der Waals surface area (Å²) in [6.07, 6.45) is 2.99. The number of nitrogens with zero attached hydrogens (tertiary/aromatic N) is 1. The minimum absolute atomic E-state index is 0.119. The van der Waals surface area contributed by atoms with E-state index in [0.717, 1.165) is 10.5 Å². The second-order valence-electron chi connectivity index (χ2n) is 6.26. The summed E-state index contributed by atoms with van der Waals surface area (Å²) >= 11 is 18.3. The number of halogens is 3. The number of benzene rings is 2. The second-order valence-corrected chi connectivity index (χ2v) is 7.49. The van der Waals surface area contributed by atoms with Gasteiger partial charge in [0.1, 0.15) is 12.3 Å². The molecule has 0 radical (unpaired) electrons. The molecule has 0 unspecified atom stereocenters. The van der Waals surface area contributed by atoms with Crippen LogP contribution in [0.3, 0.4) is 0 Å². The Kier molecular flexibility index (Phi) is 6.92. The number of hydrogen-bond donors (Lipinski definition) is 1. The third-order valence-electron chi connectivity index (χ3n) is 4.20. The largest absolute Gasteiger partial charge is 0.493 e. The van der Waals surface area contributed by atoms with Crippen LogP contribution in [0.2, 0.25) is 15.1 Å². The van der Waals surface area contributed by atoms with Crippen LogP contribution in [0.1, 0.15) is 11.1 Å². The van der Waals surface area contributed by atoms with Gasteiger partial charge in [-0.1, -0.05) is 46.9 Å². The molecule has 1 N–H and O–H groups in total. The van der Waals surface area contributed by atoms with Gasteiger partial charge in [0.15, 0.2) is 11.5 Å². The molecule has 1 heterocycles. The number of imide groups is 1. The highest BCUT2D eigenvalue weighted by Crippen LogP contribution is 2.38. The summed E-state index contributed by atoms with van der Waals surface area (Å²) in [7, 11) is 1.48. The molecule has 0 saturated carbocycles. The molecule has 3 amide bonds. The zero-order chi connectivity index (χ0) is 21.8. The number of rotatable bonds is 7. The summed E-state index contributed by atoms with van der Waals surface area (Å²) in [6, 6.07) is 7.92. The van der Waals surface area contributed by atoms with Crippen LogP contribution in [0.4, 0.5) is 4.79 Å². The van der Waals surface area contributed by atoms with Crippen LogP contribution in [0.15, 0.2) is 48.7 Å². The molecule has 2 aromatic rings. The Morgan fingerprint density at radius 1 is 1.10 bits per heavy atom. The van der Waals surface area contributed by atoms with Crippen molar-refractivity contribution in [1.82, 2.24) is 10.2 Å². The Labute approximate surface area is 188 Å². The quantitative estimate of drug-likeness (QED) is 0.340. The maximum atomic E-state index is 12.3. The van der Waals surface area contributed by atoms with Crippen LogP contribution in [-0.4, -0.2) is 30.5 Å². The zero-order valence-corrected chi connectivity index (χ0v) is 18.1. The van der Waals surface area contributed by atoms with Crippen LogP contribution < -0.4 is 14.8 Å². The predicted octanol–water partition coefficient (Wildman–Crippen LogP) is 5.31. The van der Waals surface area contributed by atoms with Gasteiger partial charge < -0.3 is 14.8 Å². The predicted molar refractivity (Wildman–Crippen MR) is 117 cm³/mol. The van der Waals surface area contributed by atoms with Crippen LogP contribution in [-0.2, 0) is 11.4 Å². The van der Waals surface area contributed by atoms with Crippen molar-refractivity contribution in [3.05, 3.63) is 74.9 Å². The monoisotopic (exact) mass is 466 g/mol. The Balaban J connectivity index is 1.83. The summed E-state index contributed by atoms with van der Waals surface area (Å²) in [5, 5.41) is 3.68. The van der Waals surface area contributed by atoms with E-state index in [4.69, 9.17) is 44.3 Å². The van der Waals surface area contributed by atoms with Crippen molar-refractivity contribution in [3.63, 3.8) is 0 Å². The van der Waals surface area contributed by atoms with Gasteiger partial charge in [-0.15, -0.1) is 6.58 Å². The number of hydrogen-bond acceptors (Lipinski definition) is 4. The number of amides is 3. The van der Waals surface area contributed by atoms with Crippen LogP contribution in [0.25, 0.3) is 6.08 Å². The Bertz CT molecular complexity index is 1050. The zero-order valence-electron chi connectivity index (χ0n) is 15.9. The van der Waals surface area contributed by atoms with Gasteiger partial charge in [0.25, 0.3) is 5.91 Å². The fraction of sp³-hybridized carbons (Fsp3) is 0.143.